The molecule has 0 spiro atoms. The molecule has 3 rings (SSSR count). The molecular formula is C16H15Br2NO. The molecule has 1 amide bonds. The van der Waals surface area contributed by atoms with Crippen molar-refractivity contribution in [2.75, 3.05) is 11.9 Å². The molecule has 20 heavy (non-hydrogen) atoms. The first-order chi connectivity index (χ1) is 9.69. The maximum atomic E-state index is 12.6. The van der Waals surface area contributed by atoms with Crippen LogP contribution < -0.4 is 0 Å². The lowest BCUT2D eigenvalue weighted by molar-refractivity contribution is 0.0750. The van der Waals surface area contributed by atoms with E-state index in [0.29, 0.717) is 6.04 Å². The molecule has 1 heterocycles. The molecule has 0 radical (unpaired) electrons. The number of rotatable bonds is 2. The molecule has 2 aromatic rings. The van der Waals surface area contributed by atoms with Gasteiger partial charge >= 0.3 is 0 Å². The van der Waals surface area contributed by atoms with Crippen LogP contribution in [0.1, 0.15) is 23.2 Å². The average Bonchev–Trinajstić information content (AvgIpc) is 2.94. The normalized spacial score (nSPS) is 18.7. The van der Waals surface area contributed by atoms with Crippen LogP contribution in [0.25, 0.3) is 10.8 Å². The van der Waals surface area contributed by atoms with E-state index in [9.17, 15) is 4.79 Å². The number of hydrogen-bond acceptors (Lipinski definition) is 1. The molecule has 2 nitrogen and oxygen atoms in total. The highest BCUT2D eigenvalue weighted by molar-refractivity contribution is 9.10. The largest absolute Gasteiger partial charge is 0.335 e. The zero-order chi connectivity index (χ0) is 14.1. The molecule has 0 aliphatic carbocycles. The van der Waals surface area contributed by atoms with Crippen LogP contribution in [0.2, 0.25) is 0 Å². The fraction of sp³-hybridized carbons (Fsp3) is 0.312. The Balaban J connectivity index is 1.93. The van der Waals surface area contributed by atoms with Gasteiger partial charge in [0.05, 0.1) is 0 Å². The Morgan fingerprint density at radius 3 is 2.75 bits per heavy atom. The van der Waals surface area contributed by atoms with Crippen molar-refractivity contribution in [3.63, 3.8) is 0 Å². The van der Waals surface area contributed by atoms with Crippen molar-refractivity contribution in [3.8, 4) is 0 Å². The molecule has 0 N–H and O–H groups in total. The number of benzene rings is 2. The number of amides is 1. The van der Waals surface area contributed by atoms with E-state index in [2.05, 4.69) is 37.9 Å². The number of hydrogen-bond donors (Lipinski definition) is 0. The number of likely N-dealkylation sites (tertiary alicyclic amines) is 1. The second-order valence-electron chi connectivity index (χ2n) is 5.16. The van der Waals surface area contributed by atoms with Crippen molar-refractivity contribution in [3.05, 3.63) is 46.4 Å². The fourth-order valence-electron chi connectivity index (χ4n) is 2.78. The van der Waals surface area contributed by atoms with Crippen molar-refractivity contribution in [2.45, 2.75) is 18.9 Å². The molecular weight excluding hydrogens is 382 g/mol. The monoisotopic (exact) mass is 395 g/mol. The van der Waals surface area contributed by atoms with E-state index in [1.807, 2.05) is 35.2 Å². The van der Waals surface area contributed by atoms with Crippen molar-refractivity contribution in [1.82, 2.24) is 4.90 Å². The van der Waals surface area contributed by atoms with E-state index in [-0.39, 0.29) is 5.91 Å². The van der Waals surface area contributed by atoms with Gasteiger partial charge in [0.1, 0.15) is 0 Å². The SMILES string of the molecule is O=C(c1ccc2cc(Br)ccc2c1)N1CCCC1CBr. The van der Waals surface area contributed by atoms with Gasteiger partial charge in [-0.25, -0.2) is 0 Å². The van der Waals surface area contributed by atoms with Gasteiger partial charge in [-0.1, -0.05) is 44.0 Å². The number of carbonyl (C=O) groups excluding carboxylic acids is 1. The fourth-order valence-corrected chi connectivity index (χ4v) is 3.83. The lowest BCUT2D eigenvalue weighted by atomic mass is 10.1. The molecule has 1 aliphatic heterocycles. The summed E-state index contributed by atoms with van der Waals surface area (Å²) in [6, 6.07) is 12.4. The smallest absolute Gasteiger partial charge is 0.254 e. The first-order valence-corrected chi connectivity index (χ1v) is 8.67. The third-order valence-corrected chi connectivity index (χ3v) is 5.11. The molecule has 1 fully saturated rings. The predicted octanol–water partition coefficient (Wildman–Crippen LogP) is 4.60. The summed E-state index contributed by atoms with van der Waals surface area (Å²) < 4.78 is 1.06. The van der Waals surface area contributed by atoms with Crippen molar-refractivity contribution in [2.24, 2.45) is 0 Å². The lowest BCUT2D eigenvalue weighted by Gasteiger charge is -2.23. The highest BCUT2D eigenvalue weighted by atomic mass is 79.9. The summed E-state index contributed by atoms with van der Waals surface area (Å²) in [6.45, 7) is 0.869. The molecule has 0 saturated carbocycles. The summed E-state index contributed by atoms with van der Waals surface area (Å²) >= 11 is 6.98. The Labute approximate surface area is 135 Å². The first kappa shape index (κ1) is 14.1. The van der Waals surface area contributed by atoms with E-state index in [4.69, 9.17) is 0 Å². The minimum absolute atomic E-state index is 0.150. The summed E-state index contributed by atoms with van der Waals surface area (Å²) in [4.78, 5) is 14.6. The summed E-state index contributed by atoms with van der Waals surface area (Å²) in [5.41, 5.74) is 0.785. The topological polar surface area (TPSA) is 20.3 Å². The lowest BCUT2D eigenvalue weighted by Crippen LogP contribution is -2.36. The second kappa shape index (κ2) is 5.86. The number of nitrogens with zero attached hydrogens (tertiary/aromatic N) is 1. The highest BCUT2D eigenvalue weighted by Crippen LogP contribution is 2.25. The number of halogens is 2. The van der Waals surface area contributed by atoms with Gasteiger partial charge in [0.2, 0.25) is 0 Å². The summed E-state index contributed by atoms with van der Waals surface area (Å²) in [7, 11) is 0. The van der Waals surface area contributed by atoms with E-state index >= 15 is 0 Å². The molecule has 2 aromatic carbocycles. The zero-order valence-corrected chi connectivity index (χ0v) is 14.2. The van der Waals surface area contributed by atoms with Gasteiger partial charge in [-0.2, -0.15) is 0 Å². The van der Waals surface area contributed by atoms with E-state index in [0.717, 1.165) is 45.5 Å². The maximum Gasteiger partial charge on any atom is 0.254 e. The van der Waals surface area contributed by atoms with Crippen molar-refractivity contribution < 1.29 is 4.79 Å². The molecule has 4 heteroatoms. The van der Waals surface area contributed by atoms with E-state index in [1.54, 1.807) is 0 Å². The van der Waals surface area contributed by atoms with Crippen LogP contribution in [0, 0.1) is 0 Å². The van der Waals surface area contributed by atoms with Crippen LogP contribution in [-0.4, -0.2) is 28.7 Å². The summed E-state index contributed by atoms with van der Waals surface area (Å²) in [5, 5.41) is 3.11. The van der Waals surface area contributed by atoms with Crippen LogP contribution in [0.15, 0.2) is 40.9 Å². The second-order valence-corrected chi connectivity index (χ2v) is 6.72. The standard InChI is InChI=1S/C16H15Br2NO/c17-10-15-2-1-7-19(15)16(20)13-4-3-12-9-14(18)6-5-11(12)8-13/h3-6,8-9,15H,1-2,7,10H2. The molecule has 1 atom stereocenters. The Kier molecular flexibility index (Phi) is 4.13. The first-order valence-electron chi connectivity index (χ1n) is 6.75. The Morgan fingerprint density at radius 1 is 1.20 bits per heavy atom. The number of fused-ring (bicyclic) bond motifs is 1. The highest BCUT2D eigenvalue weighted by Gasteiger charge is 2.28. The minimum Gasteiger partial charge on any atom is -0.335 e. The van der Waals surface area contributed by atoms with Gasteiger partial charge in [-0.15, -0.1) is 0 Å². The van der Waals surface area contributed by atoms with Crippen LogP contribution >= 0.6 is 31.9 Å². The predicted molar refractivity (Wildman–Crippen MR) is 89.5 cm³/mol. The number of carbonyl (C=O) groups is 1. The molecule has 104 valence electrons. The molecule has 1 aliphatic rings. The van der Waals surface area contributed by atoms with E-state index < -0.39 is 0 Å². The summed E-state index contributed by atoms with van der Waals surface area (Å²) in [6.07, 6.45) is 2.19. The minimum atomic E-state index is 0.150. The van der Waals surface area contributed by atoms with Gasteiger partial charge < -0.3 is 4.90 Å². The molecule has 0 bridgehead atoms. The zero-order valence-electron chi connectivity index (χ0n) is 11.0. The number of alkyl halides is 1. The van der Waals surface area contributed by atoms with Gasteiger partial charge in [-0.3, -0.25) is 4.79 Å². The van der Waals surface area contributed by atoms with E-state index in [1.165, 1.54) is 0 Å². The Bertz CT molecular complexity index is 656. The third kappa shape index (κ3) is 2.63. The Hall–Kier alpha value is -0.870. The molecule has 0 aromatic heterocycles. The van der Waals surface area contributed by atoms with Crippen LogP contribution in [0.5, 0.6) is 0 Å². The third-order valence-electron chi connectivity index (χ3n) is 3.87. The van der Waals surface area contributed by atoms with Crippen molar-refractivity contribution >= 4 is 48.5 Å². The Morgan fingerprint density at radius 2 is 1.95 bits per heavy atom. The van der Waals surface area contributed by atoms with Gasteiger partial charge in [0.15, 0.2) is 0 Å². The average molecular weight is 397 g/mol. The summed E-state index contributed by atoms with van der Waals surface area (Å²) in [5.74, 6) is 0.150. The van der Waals surface area contributed by atoms with Gasteiger partial charge in [0.25, 0.3) is 5.91 Å². The van der Waals surface area contributed by atoms with Gasteiger partial charge in [0, 0.05) is 28.0 Å². The maximum absolute atomic E-state index is 12.6. The van der Waals surface area contributed by atoms with Crippen LogP contribution in [0.4, 0.5) is 0 Å². The molecule has 1 saturated heterocycles. The van der Waals surface area contributed by atoms with Crippen molar-refractivity contribution in [1.29, 1.82) is 0 Å². The molecule has 1 unspecified atom stereocenters. The van der Waals surface area contributed by atoms with Crippen LogP contribution in [0.3, 0.4) is 0 Å². The quantitative estimate of drug-likeness (QED) is 0.679. The van der Waals surface area contributed by atoms with Crippen LogP contribution in [-0.2, 0) is 0 Å². The van der Waals surface area contributed by atoms with Gasteiger partial charge in [-0.05, 0) is 47.9 Å².